The quantitative estimate of drug-likeness (QED) is 0.389. The molecule has 3 aromatic heterocycles. The molecule has 0 spiro atoms. The molecular weight excluding hydrogens is 459 g/mol. The highest BCUT2D eigenvalue weighted by Crippen LogP contribution is 2.28. The van der Waals surface area contributed by atoms with Crippen molar-refractivity contribution in [3.8, 4) is 11.1 Å². The van der Waals surface area contributed by atoms with E-state index in [1.54, 1.807) is 12.4 Å². The third-order valence-corrected chi connectivity index (χ3v) is 6.76. The Morgan fingerprint density at radius 1 is 1.03 bits per heavy atom. The van der Waals surface area contributed by atoms with Crippen LogP contribution in [0.4, 0.5) is 4.39 Å². The molecule has 1 aliphatic rings. The van der Waals surface area contributed by atoms with Gasteiger partial charge in [-0.2, -0.15) is 0 Å². The Morgan fingerprint density at radius 2 is 1.86 bits per heavy atom. The van der Waals surface area contributed by atoms with Gasteiger partial charge in [0.2, 0.25) is 0 Å². The van der Waals surface area contributed by atoms with E-state index in [2.05, 4.69) is 15.0 Å². The maximum atomic E-state index is 13.6. The van der Waals surface area contributed by atoms with Crippen LogP contribution in [0.15, 0.2) is 78.2 Å². The second-order valence-electron chi connectivity index (χ2n) is 9.05. The fraction of sp³-hybridized carbons (Fsp3) is 0.214. The number of aromatic nitrogens is 4. The Morgan fingerprint density at radius 3 is 2.67 bits per heavy atom. The van der Waals surface area contributed by atoms with Crippen LogP contribution in [0.2, 0.25) is 0 Å². The predicted octanol–water partition coefficient (Wildman–Crippen LogP) is 4.06. The van der Waals surface area contributed by atoms with Gasteiger partial charge < -0.3 is 9.84 Å². The third kappa shape index (κ3) is 4.04. The molecule has 7 nitrogen and oxygen atoms in total. The van der Waals surface area contributed by atoms with Crippen LogP contribution in [0.25, 0.3) is 32.9 Å². The topological polar surface area (TPSA) is 90.1 Å². The minimum absolute atomic E-state index is 0.196. The summed E-state index contributed by atoms with van der Waals surface area (Å²) in [5.74, 6) is -0.376. The molecule has 0 bridgehead atoms. The maximum absolute atomic E-state index is 13.6. The zero-order valence-corrected chi connectivity index (χ0v) is 19.3. The molecule has 0 radical (unpaired) electrons. The van der Waals surface area contributed by atoms with Crippen LogP contribution in [0.3, 0.4) is 0 Å². The molecule has 180 valence electrons. The van der Waals surface area contributed by atoms with E-state index in [4.69, 9.17) is 4.74 Å². The number of nitrogens with zero attached hydrogens (tertiary/aromatic N) is 4. The molecule has 2 atom stereocenters. The molecule has 0 aliphatic carbocycles. The van der Waals surface area contributed by atoms with Crippen LogP contribution in [0, 0.1) is 5.82 Å². The van der Waals surface area contributed by atoms with E-state index >= 15 is 0 Å². The van der Waals surface area contributed by atoms with E-state index in [9.17, 15) is 14.3 Å². The van der Waals surface area contributed by atoms with E-state index in [1.807, 2.05) is 42.5 Å². The normalized spacial score (nSPS) is 18.1. The van der Waals surface area contributed by atoms with Crippen LogP contribution < -0.4 is 5.56 Å². The molecule has 1 aliphatic heterocycles. The van der Waals surface area contributed by atoms with Gasteiger partial charge in [0.05, 0.1) is 42.2 Å². The highest BCUT2D eigenvalue weighted by atomic mass is 19.1. The minimum atomic E-state index is -0.763. The fourth-order valence-electron chi connectivity index (χ4n) is 4.93. The Balaban J connectivity index is 1.42. The van der Waals surface area contributed by atoms with Gasteiger partial charge in [-0.05, 0) is 47.7 Å². The minimum Gasteiger partial charge on any atom is -0.389 e. The largest absolute Gasteiger partial charge is 0.389 e. The SMILES string of the molecule is O=c1c2cc(Cc3ccc(-c4cncc(F)c4)cc3)c3cccnc3c2ncn1[C@H]1CCOC[C@@H]1O. The first-order valence-corrected chi connectivity index (χ1v) is 11.8. The number of ether oxygens (including phenoxy) is 1. The first kappa shape index (κ1) is 22.5. The van der Waals surface area contributed by atoms with Crippen molar-refractivity contribution < 1.29 is 14.2 Å². The molecule has 1 saturated heterocycles. The van der Waals surface area contributed by atoms with Crippen LogP contribution in [-0.2, 0) is 11.2 Å². The van der Waals surface area contributed by atoms with E-state index < -0.39 is 6.10 Å². The number of benzene rings is 2. The molecule has 1 fully saturated rings. The lowest BCUT2D eigenvalue weighted by molar-refractivity contribution is -0.0395. The lowest BCUT2D eigenvalue weighted by Gasteiger charge is -2.29. The molecule has 6 rings (SSSR count). The van der Waals surface area contributed by atoms with E-state index in [1.165, 1.54) is 23.2 Å². The van der Waals surface area contributed by atoms with Crippen molar-refractivity contribution in [1.29, 1.82) is 0 Å². The number of fused-ring (bicyclic) bond motifs is 3. The van der Waals surface area contributed by atoms with Gasteiger partial charge in [0, 0.05) is 30.0 Å². The number of hydrogen-bond donors (Lipinski definition) is 1. The van der Waals surface area contributed by atoms with Gasteiger partial charge in [0.1, 0.15) is 11.3 Å². The van der Waals surface area contributed by atoms with Gasteiger partial charge in [-0.15, -0.1) is 0 Å². The molecule has 0 saturated carbocycles. The molecule has 4 heterocycles. The predicted molar refractivity (Wildman–Crippen MR) is 134 cm³/mol. The molecule has 5 aromatic rings. The van der Waals surface area contributed by atoms with Crippen LogP contribution in [0.1, 0.15) is 23.6 Å². The maximum Gasteiger partial charge on any atom is 0.261 e. The number of aliphatic hydroxyl groups excluding tert-OH is 1. The van der Waals surface area contributed by atoms with Crippen molar-refractivity contribution in [1.82, 2.24) is 19.5 Å². The molecule has 0 amide bonds. The van der Waals surface area contributed by atoms with Gasteiger partial charge >= 0.3 is 0 Å². The van der Waals surface area contributed by atoms with Crippen LogP contribution >= 0.6 is 0 Å². The first-order valence-electron chi connectivity index (χ1n) is 11.8. The van der Waals surface area contributed by atoms with E-state index in [0.717, 1.165) is 22.1 Å². The smallest absolute Gasteiger partial charge is 0.261 e. The van der Waals surface area contributed by atoms with E-state index in [0.29, 0.717) is 41.4 Å². The fourth-order valence-corrected chi connectivity index (χ4v) is 4.93. The number of pyridine rings is 2. The summed E-state index contributed by atoms with van der Waals surface area (Å²) < 4.78 is 20.4. The summed E-state index contributed by atoms with van der Waals surface area (Å²) >= 11 is 0. The zero-order valence-electron chi connectivity index (χ0n) is 19.3. The Bertz CT molecular complexity index is 1630. The van der Waals surface area contributed by atoms with Gasteiger partial charge in [-0.3, -0.25) is 19.3 Å². The van der Waals surface area contributed by atoms with Gasteiger partial charge in [-0.25, -0.2) is 9.37 Å². The molecule has 8 heteroatoms. The summed E-state index contributed by atoms with van der Waals surface area (Å²) in [5, 5.41) is 11.8. The van der Waals surface area contributed by atoms with Crippen LogP contribution in [-0.4, -0.2) is 43.9 Å². The lowest BCUT2D eigenvalue weighted by atomic mass is 9.97. The Kier molecular flexibility index (Phi) is 5.75. The average molecular weight is 483 g/mol. The number of halogens is 1. The zero-order chi connectivity index (χ0) is 24.6. The monoisotopic (exact) mass is 482 g/mol. The summed E-state index contributed by atoms with van der Waals surface area (Å²) in [6.45, 7) is 0.680. The Hall–Kier alpha value is -4.01. The van der Waals surface area contributed by atoms with Crippen molar-refractivity contribution in [2.24, 2.45) is 0 Å². The lowest BCUT2D eigenvalue weighted by Crippen LogP contribution is -2.39. The summed E-state index contributed by atoms with van der Waals surface area (Å²) in [5.41, 5.74) is 4.59. The van der Waals surface area contributed by atoms with Crippen molar-refractivity contribution in [3.63, 3.8) is 0 Å². The summed E-state index contributed by atoms with van der Waals surface area (Å²) in [6, 6.07) is 14.7. The highest BCUT2D eigenvalue weighted by molar-refractivity contribution is 6.04. The third-order valence-electron chi connectivity index (χ3n) is 6.76. The molecule has 2 aromatic carbocycles. The van der Waals surface area contributed by atoms with Crippen molar-refractivity contribution in [2.45, 2.75) is 25.0 Å². The van der Waals surface area contributed by atoms with Crippen molar-refractivity contribution >= 4 is 21.8 Å². The number of hydrogen-bond acceptors (Lipinski definition) is 6. The summed E-state index contributed by atoms with van der Waals surface area (Å²) in [6.07, 6.45) is 6.38. The van der Waals surface area contributed by atoms with Crippen molar-refractivity contribution in [3.05, 3.63) is 101 Å². The highest BCUT2D eigenvalue weighted by Gasteiger charge is 2.27. The molecular formula is C28H23FN4O3. The van der Waals surface area contributed by atoms with Crippen LogP contribution in [0.5, 0.6) is 0 Å². The second kappa shape index (κ2) is 9.22. The van der Waals surface area contributed by atoms with Gasteiger partial charge in [0.15, 0.2) is 0 Å². The average Bonchev–Trinajstić information content (AvgIpc) is 2.90. The number of aliphatic hydroxyl groups is 1. The van der Waals surface area contributed by atoms with E-state index in [-0.39, 0.29) is 24.0 Å². The molecule has 0 unspecified atom stereocenters. The summed E-state index contributed by atoms with van der Waals surface area (Å²) in [7, 11) is 0. The number of rotatable bonds is 4. The molecule has 36 heavy (non-hydrogen) atoms. The van der Waals surface area contributed by atoms with Gasteiger partial charge in [-0.1, -0.05) is 30.3 Å². The standard InChI is InChI=1S/C28H23FN4O3/c29-21-11-20(13-30-14-21)18-5-3-17(4-6-18)10-19-12-23-27(26-22(19)2-1-8-31-26)32-16-33(28(23)35)24-7-9-36-15-25(24)34/h1-6,8,11-14,16,24-25,34H,7,9-10,15H2/t24-,25-/m0/s1. The molecule has 1 N–H and O–H groups in total. The Labute approximate surface area is 205 Å². The first-order chi connectivity index (χ1) is 17.6. The van der Waals surface area contributed by atoms with Crippen molar-refractivity contribution in [2.75, 3.05) is 13.2 Å². The second-order valence-corrected chi connectivity index (χ2v) is 9.05. The summed E-state index contributed by atoms with van der Waals surface area (Å²) in [4.78, 5) is 26.6. The van der Waals surface area contributed by atoms with Gasteiger partial charge in [0.25, 0.3) is 5.56 Å².